The van der Waals surface area contributed by atoms with E-state index in [-0.39, 0.29) is 0 Å². The second-order valence-electron chi connectivity index (χ2n) is 2.24. The van der Waals surface area contributed by atoms with Gasteiger partial charge in [0.25, 0.3) is 0 Å². The molecular formula is C8H7BrClNO2. The van der Waals surface area contributed by atoms with E-state index in [0.29, 0.717) is 11.4 Å². The number of anilines is 1. The van der Waals surface area contributed by atoms with E-state index in [1.165, 1.54) is 7.11 Å². The average molecular weight is 265 g/mol. The lowest BCUT2D eigenvalue weighted by molar-refractivity contribution is 0.269. The SMILES string of the molecule is COc1ccc(Br)cc1NC(=O)Cl. The number of carbonyl (C=O) groups excluding carboxylic acids is 1. The van der Waals surface area contributed by atoms with E-state index >= 15 is 0 Å². The monoisotopic (exact) mass is 263 g/mol. The van der Waals surface area contributed by atoms with Gasteiger partial charge in [-0.05, 0) is 29.8 Å². The van der Waals surface area contributed by atoms with Gasteiger partial charge >= 0.3 is 5.37 Å². The number of benzene rings is 1. The third-order valence-electron chi connectivity index (χ3n) is 1.39. The molecule has 0 bridgehead atoms. The van der Waals surface area contributed by atoms with Crippen molar-refractivity contribution in [2.24, 2.45) is 0 Å². The first-order valence-electron chi connectivity index (χ1n) is 3.43. The number of rotatable bonds is 2. The molecule has 0 atom stereocenters. The van der Waals surface area contributed by atoms with Crippen LogP contribution in [0.5, 0.6) is 5.75 Å². The molecule has 0 unspecified atom stereocenters. The molecule has 0 saturated carbocycles. The summed E-state index contributed by atoms with van der Waals surface area (Å²) < 4.78 is 5.85. The Morgan fingerprint density at radius 1 is 1.62 bits per heavy atom. The van der Waals surface area contributed by atoms with Crippen molar-refractivity contribution in [2.45, 2.75) is 0 Å². The molecule has 13 heavy (non-hydrogen) atoms. The highest BCUT2D eigenvalue weighted by Crippen LogP contribution is 2.27. The lowest BCUT2D eigenvalue weighted by atomic mass is 10.3. The summed E-state index contributed by atoms with van der Waals surface area (Å²) in [6.45, 7) is 0. The van der Waals surface area contributed by atoms with Crippen LogP contribution in [0.2, 0.25) is 0 Å². The fourth-order valence-corrected chi connectivity index (χ4v) is 1.35. The first-order valence-corrected chi connectivity index (χ1v) is 4.60. The Labute approximate surface area is 89.2 Å². The highest BCUT2D eigenvalue weighted by molar-refractivity contribution is 9.10. The second-order valence-corrected chi connectivity index (χ2v) is 3.50. The molecule has 1 aromatic rings. The van der Waals surface area contributed by atoms with Crippen LogP contribution in [0.15, 0.2) is 22.7 Å². The molecular weight excluding hydrogens is 257 g/mol. The highest BCUT2D eigenvalue weighted by Gasteiger charge is 2.05. The van der Waals surface area contributed by atoms with Crippen molar-refractivity contribution in [3.05, 3.63) is 22.7 Å². The topological polar surface area (TPSA) is 38.3 Å². The molecule has 1 aromatic carbocycles. The van der Waals surface area contributed by atoms with Crippen LogP contribution in [0.1, 0.15) is 0 Å². The largest absolute Gasteiger partial charge is 0.495 e. The molecule has 5 heteroatoms. The maximum atomic E-state index is 10.6. The van der Waals surface area contributed by atoms with Crippen LogP contribution in [0.4, 0.5) is 10.5 Å². The summed E-state index contributed by atoms with van der Waals surface area (Å²) in [4.78, 5) is 10.6. The number of hydrogen-bond acceptors (Lipinski definition) is 2. The number of halogens is 2. The normalized spacial score (nSPS) is 9.46. The Morgan fingerprint density at radius 3 is 2.85 bits per heavy atom. The van der Waals surface area contributed by atoms with Gasteiger partial charge in [0.1, 0.15) is 5.75 Å². The van der Waals surface area contributed by atoms with Crippen LogP contribution in [-0.4, -0.2) is 12.5 Å². The van der Waals surface area contributed by atoms with Gasteiger partial charge in [0.05, 0.1) is 12.8 Å². The molecule has 0 radical (unpaired) electrons. The van der Waals surface area contributed by atoms with Gasteiger partial charge in [-0.3, -0.25) is 4.79 Å². The number of amides is 1. The fraction of sp³-hybridized carbons (Fsp3) is 0.125. The first-order chi connectivity index (χ1) is 6.13. The van der Waals surface area contributed by atoms with Crippen LogP contribution >= 0.6 is 27.5 Å². The van der Waals surface area contributed by atoms with Gasteiger partial charge in [-0.25, -0.2) is 0 Å². The summed E-state index contributed by atoms with van der Waals surface area (Å²) in [5, 5.41) is 1.79. The van der Waals surface area contributed by atoms with Crippen molar-refractivity contribution in [1.29, 1.82) is 0 Å². The van der Waals surface area contributed by atoms with Crippen molar-refractivity contribution in [3.8, 4) is 5.75 Å². The Bertz CT molecular complexity index is 330. The van der Waals surface area contributed by atoms with Crippen molar-refractivity contribution in [3.63, 3.8) is 0 Å². The minimum Gasteiger partial charge on any atom is -0.495 e. The molecule has 0 fully saturated rings. The summed E-state index contributed by atoms with van der Waals surface area (Å²) in [5.41, 5.74) is 0.539. The zero-order valence-corrected chi connectivity index (χ0v) is 9.15. The summed E-state index contributed by atoms with van der Waals surface area (Å²) in [5.74, 6) is 0.567. The Balaban J connectivity index is 3.01. The first kappa shape index (κ1) is 10.3. The van der Waals surface area contributed by atoms with E-state index < -0.39 is 5.37 Å². The maximum absolute atomic E-state index is 10.6. The summed E-state index contributed by atoms with van der Waals surface area (Å²) in [7, 11) is 1.52. The number of carbonyl (C=O) groups is 1. The Morgan fingerprint density at radius 2 is 2.31 bits per heavy atom. The lowest BCUT2D eigenvalue weighted by Crippen LogP contribution is -2.02. The van der Waals surface area contributed by atoms with Gasteiger partial charge in [0, 0.05) is 4.47 Å². The molecule has 0 heterocycles. The molecule has 1 rings (SSSR count). The Kier molecular flexibility index (Phi) is 3.57. The van der Waals surface area contributed by atoms with Gasteiger partial charge in [-0.2, -0.15) is 0 Å². The summed E-state index contributed by atoms with van der Waals surface area (Å²) in [6.07, 6.45) is 0. The Hall–Kier alpha value is -0.740. The van der Waals surface area contributed by atoms with E-state index in [9.17, 15) is 4.79 Å². The predicted octanol–water partition coefficient (Wildman–Crippen LogP) is 3.23. The van der Waals surface area contributed by atoms with Gasteiger partial charge in [0.15, 0.2) is 0 Å². The average Bonchev–Trinajstić information content (AvgIpc) is 2.03. The molecule has 0 spiro atoms. The molecule has 1 N–H and O–H groups in total. The molecule has 0 aliphatic rings. The van der Waals surface area contributed by atoms with E-state index in [2.05, 4.69) is 21.2 Å². The number of methoxy groups -OCH3 is 1. The van der Waals surface area contributed by atoms with Crippen LogP contribution in [0, 0.1) is 0 Å². The van der Waals surface area contributed by atoms with Crippen LogP contribution in [0.25, 0.3) is 0 Å². The highest BCUT2D eigenvalue weighted by atomic mass is 79.9. The zero-order valence-electron chi connectivity index (χ0n) is 6.80. The predicted molar refractivity (Wildman–Crippen MR) is 55.6 cm³/mol. The van der Waals surface area contributed by atoms with E-state index in [1.807, 2.05) is 6.07 Å². The molecule has 0 aliphatic carbocycles. The van der Waals surface area contributed by atoms with Crippen LogP contribution < -0.4 is 10.1 Å². The fourth-order valence-electron chi connectivity index (χ4n) is 0.884. The van der Waals surface area contributed by atoms with Crippen LogP contribution in [0.3, 0.4) is 0 Å². The minimum absolute atomic E-state index is 0.539. The van der Waals surface area contributed by atoms with E-state index in [4.69, 9.17) is 16.3 Å². The summed E-state index contributed by atoms with van der Waals surface area (Å²) in [6, 6.07) is 5.24. The number of hydrogen-bond donors (Lipinski definition) is 1. The van der Waals surface area contributed by atoms with Gasteiger partial charge in [-0.1, -0.05) is 15.9 Å². The number of nitrogens with one attached hydrogen (secondary N) is 1. The quantitative estimate of drug-likeness (QED) is 0.658. The summed E-state index contributed by atoms with van der Waals surface area (Å²) >= 11 is 8.44. The molecule has 0 aromatic heterocycles. The third kappa shape index (κ3) is 2.90. The maximum Gasteiger partial charge on any atom is 0.318 e. The van der Waals surface area contributed by atoms with E-state index in [1.54, 1.807) is 12.1 Å². The smallest absolute Gasteiger partial charge is 0.318 e. The van der Waals surface area contributed by atoms with Gasteiger partial charge in [0.2, 0.25) is 0 Å². The molecule has 1 amide bonds. The van der Waals surface area contributed by atoms with Crippen molar-refractivity contribution in [1.82, 2.24) is 0 Å². The van der Waals surface area contributed by atoms with Gasteiger partial charge < -0.3 is 10.1 Å². The van der Waals surface area contributed by atoms with Crippen molar-refractivity contribution >= 4 is 38.6 Å². The van der Waals surface area contributed by atoms with E-state index in [0.717, 1.165) is 4.47 Å². The van der Waals surface area contributed by atoms with Crippen LogP contribution in [-0.2, 0) is 0 Å². The molecule has 70 valence electrons. The zero-order chi connectivity index (χ0) is 9.84. The molecule has 0 saturated heterocycles. The second kappa shape index (κ2) is 4.48. The van der Waals surface area contributed by atoms with Crippen molar-refractivity contribution < 1.29 is 9.53 Å². The lowest BCUT2D eigenvalue weighted by Gasteiger charge is -2.07. The molecule has 0 aliphatic heterocycles. The standard InChI is InChI=1S/C8H7BrClNO2/c1-13-7-3-2-5(9)4-6(7)11-8(10)12/h2-4H,1H3,(H,11,12). The number of ether oxygens (including phenoxy) is 1. The minimum atomic E-state index is -0.642. The van der Waals surface area contributed by atoms with Gasteiger partial charge in [-0.15, -0.1) is 0 Å². The third-order valence-corrected chi connectivity index (χ3v) is 1.98. The van der Waals surface area contributed by atoms with Crippen molar-refractivity contribution in [2.75, 3.05) is 12.4 Å². The molecule has 3 nitrogen and oxygen atoms in total.